The number of amides is 1. The van der Waals surface area contributed by atoms with Crippen LogP contribution in [-0.2, 0) is 16.8 Å². The van der Waals surface area contributed by atoms with Gasteiger partial charge in [-0.05, 0) is 25.0 Å². The molecule has 1 amide bonds. The average Bonchev–Trinajstić information content (AvgIpc) is 2.75. The number of hydrogen-bond donors (Lipinski definition) is 2. The molecule has 0 aliphatic carbocycles. The SMILES string of the molecule is C[C@@H](O)C[C@@]1(O)C(=O)N(CCc2ccccc2)c2ccccc21. The third-order valence-corrected chi connectivity index (χ3v) is 4.30. The highest BCUT2D eigenvalue weighted by molar-refractivity contribution is 6.06. The van der Waals surface area contributed by atoms with Crippen molar-refractivity contribution >= 4 is 11.6 Å². The third-order valence-electron chi connectivity index (χ3n) is 4.30. The van der Waals surface area contributed by atoms with Gasteiger partial charge in [0.05, 0.1) is 11.8 Å². The Morgan fingerprint density at radius 1 is 1.09 bits per heavy atom. The summed E-state index contributed by atoms with van der Waals surface area (Å²) < 4.78 is 0. The minimum atomic E-state index is -1.64. The lowest BCUT2D eigenvalue weighted by molar-refractivity contribution is -0.139. The molecule has 4 heteroatoms. The van der Waals surface area contributed by atoms with Crippen LogP contribution in [0.1, 0.15) is 24.5 Å². The summed E-state index contributed by atoms with van der Waals surface area (Å²) in [4.78, 5) is 14.4. The first-order chi connectivity index (χ1) is 11.0. The summed E-state index contributed by atoms with van der Waals surface area (Å²) in [6.07, 6.45) is -0.0397. The van der Waals surface area contributed by atoms with Gasteiger partial charge < -0.3 is 15.1 Å². The molecule has 2 aromatic carbocycles. The van der Waals surface area contributed by atoms with E-state index in [1.807, 2.05) is 42.5 Å². The summed E-state index contributed by atoms with van der Waals surface area (Å²) in [6, 6.07) is 17.2. The predicted molar refractivity (Wildman–Crippen MR) is 89.1 cm³/mol. The number of fused-ring (bicyclic) bond motifs is 1. The topological polar surface area (TPSA) is 60.8 Å². The fourth-order valence-corrected chi connectivity index (χ4v) is 3.24. The highest BCUT2D eigenvalue weighted by Crippen LogP contribution is 2.42. The number of aliphatic hydroxyl groups excluding tert-OH is 1. The van der Waals surface area contributed by atoms with E-state index in [4.69, 9.17) is 0 Å². The van der Waals surface area contributed by atoms with Gasteiger partial charge in [-0.2, -0.15) is 0 Å². The number of benzene rings is 2. The number of nitrogens with zero attached hydrogens (tertiary/aromatic N) is 1. The Morgan fingerprint density at radius 2 is 1.74 bits per heavy atom. The number of rotatable bonds is 5. The van der Waals surface area contributed by atoms with Crippen molar-refractivity contribution in [1.29, 1.82) is 0 Å². The fourth-order valence-electron chi connectivity index (χ4n) is 3.24. The van der Waals surface area contributed by atoms with Crippen molar-refractivity contribution in [3.05, 3.63) is 65.7 Å². The molecule has 0 radical (unpaired) electrons. The molecular formula is C19H21NO3. The lowest BCUT2D eigenvalue weighted by Gasteiger charge is -2.24. The molecule has 4 nitrogen and oxygen atoms in total. The van der Waals surface area contributed by atoms with E-state index in [1.165, 1.54) is 0 Å². The van der Waals surface area contributed by atoms with Crippen LogP contribution in [0.25, 0.3) is 0 Å². The quantitative estimate of drug-likeness (QED) is 0.890. The summed E-state index contributed by atoms with van der Waals surface area (Å²) in [5, 5.41) is 20.6. The summed E-state index contributed by atoms with van der Waals surface area (Å²) in [5.41, 5.74) is 0.820. The molecule has 2 N–H and O–H groups in total. The smallest absolute Gasteiger partial charge is 0.263 e. The Hall–Kier alpha value is -2.17. The van der Waals surface area contributed by atoms with E-state index in [1.54, 1.807) is 24.0 Å². The first-order valence-corrected chi connectivity index (χ1v) is 7.88. The molecule has 0 fully saturated rings. The van der Waals surface area contributed by atoms with Crippen molar-refractivity contribution in [2.45, 2.75) is 31.5 Å². The first kappa shape index (κ1) is 15.7. The molecule has 120 valence electrons. The van der Waals surface area contributed by atoms with E-state index >= 15 is 0 Å². The lowest BCUT2D eigenvalue weighted by atomic mass is 9.90. The number of aliphatic hydroxyl groups is 2. The largest absolute Gasteiger partial charge is 0.393 e. The molecule has 0 aromatic heterocycles. The van der Waals surface area contributed by atoms with Gasteiger partial charge in [-0.3, -0.25) is 4.79 Å². The zero-order chi connectivity index (χ0) is 16.4. The predicted octanol–water partition coefficient (Wildman–Crippen LogP) is 2.23. The molecule has 1 aliphatic rings. The maximum atomic E-state index is 12.8. The van der Waals surface area contributed by atoms with Gasteiger partial charge in [-0.25, -0.2) is 0 Å². The van der Waals surface area contributed by atoms with Gasteiger partial charge in [0, 0.05) is 18.5 Å². The highest BCUT2D eigenvalue weighted by atomic mass is 16.3. The van der Waals surface area contributed by atoms with Crippen molar-refractivity contribution in [3.63, 3.8) is 0 Å². The van der Waals surface area contributed by atoms with E-state index in [9.17, 15) is 15.0 Å². The van der Waals surface area contributed by atoms with Crippen LogP contribution < -0.4 is 4.90 Å². The van der Waals surface area contributed by atoms with Crippen LogP contribution in [0.5, 0.6) is 0 Å². The molecule has 23 heavy (non-hydrogen) atoms. The molecule has 0 saturated heterocycles. The van der Waals surface area contributed by atoms with Crippen LogP contribution in [0.3, 0.4) is 0 Å². The maximum absolute atomic E-state index is 12.8. The van der Waals surface area contributed by atoms with Gasteiger partial charge in [0.15, 0.2) is 5.60 Å². The van der Waals surface area contributed by atoms with Gasteiger partial charge in [0.1, 0.15) is 0 Å². The van der Waals surface area contributed by atoms with Gasteiger partial charge in [0.2, 0.25) is 0 Å². The van der Waals surface area contributed by atoms with E-state index in [2.05, 4.69) is 0 Å². The van der Waals surface area contributed by atoms with E-state index in [-0.39, 0.29) is 12.3 Å². The zero-order valence-electron chi connectivity index (χ0n) is 13.1. The van der Waals surface area contributed by atoms with Gasteiger partial charge >= 0.3 is 0 Å². The van der Waals surface area contributed by atoms with Crippen LogP contribution in [0.4, 0.5) is 5.69 Å². The molecular weight excluding hydrogens is 290 g/mol. The van der Waals surface area contributed by atoms with Crippen LogP contribution in [0, 0.1) is 0 Å². The first-order valence-electron chi connectivity index (χ1n) is 7.88. The second-order valence-electron chi connectivity index (χ2n) is 6.12. The number of hydrogen-bond acceptors (Lipinski definition) is 3. The molecule has 0 bridgehead atoms. The molecule has 1 heterocycles. The van der Waals surface area contributed by atoms with Crippen molar-refractivity contribution in [3.8, 4) is 0 Å². The Morgan fingerprint density at radius 3 is 2.43 bits per heavy atom. The van der Waals surface area contributed by atoms with E-state index < -0.39 is 11.7 Å². The molecule has 0 unspecified atom stereocenters. The average molecular weight is 311 g/mol. The Labute approximate surface area is 136 Å². The standard InChI is InChI=1S/C19H21NO3/c1-14(21)13-19(23)16-9-5-6-10-17(16)20(18(19)22)12-11-15-7-3-2-4-8-15/h2-10,14,21,23H,11-13H2,1H3/t14-,19+/m1/s1. The van der Waals surface area contributed by atoms with Crippen LogP contribution in [-0.4, -0.2) is 28.8 Å². The minimum Gasteiger partial charge on any atom is -0.393 e. The second kappa shape index (κ2) is 6.14. The molecule has 0 saturated carbocycles. The summed E-state index contributed by atoms with van der Waals surface area (Å²) in [6.45, 7) is 2.09. The normalized spacial score (nSPS) is 21.3. The Kier molecular flexibility index (Phi) is 4.20. The number of carbonyl (C=O) groups excluding carboxylic acids is 1. The highest BCUT2D eigenvalue weighted by Gasteiger charge is 2.49. The number of anilines is 1. The molecule has 2 aromatic rings. The summed E-state index contributed by atoms with van der Waals surface area (Å²) in [5.74, 6) is -0.351. The van der Waals surface area contributed by atoms with Crippen LogP contribution in [0.15, 0.2) is 54.6 Å². The second-order valence-corrected chi connectivity index (χ2v) is 6.12. The monoisotopic (exact) mass is 311 g/mol. The molecule has 1 aliphatic heterocycles. The molecule has 0 spiro atoms. The van der Waals surface area contributed by atoms with Crippen LogP contribution >= 0.6 is 0 Å². The van der Waals surface area contributed by atoms with Gasteiger partial charge in [0.25, 0.3) is 5.91 Å². The van der Waals surface area contributed by atoms with E-state index in [0.717, 1.165) is 11.3 Å². The lowest BCUT2D eigenvalue weighted by Crippen LogP contribution is -2.42. The Balaban J connectivity index is 1.88. The maximum Gasteiger partial charge on any atom is 0.263 e. The van der Waals surface area contributed by atoms with Crippen molar-refractivity contribution < 1.29 is 15.0 Å². The van der Waals surface area contributed by atoms with Crippen molar-refractivity contribution in [1.82, 2.24) is 0 Å². The summed E-state index contributed by atoms with van der Waals surface area (Å²) >= 11 is 0. The fraction of sp³-hybridized carbons (Fsp3) is 0.316. The number of para-hydroxylation sites is 1. The summed E-state index contributed by atoms with van der Waals surface area (Å²) in [7, 11) is 0. The van der Waals surface area contributed by atoms with Crippen molar-refractivity contribution in [2.75, 3.05) is 11.4 Å². The zero-order valence-corrected chi connectivity index (χ0v) is 13.1. The Bertz CT molecular complexity index is 699. The van der Waals surface area contributed by atoms with Crippen LogP contribution in [0.2, 0.25) is 0 Å². The molecule has 3 rings (SSSR count). The van der Waals surface area contributed by atoms with Crippen molar-refractivity contribution in [2.24, 2.45) is 0 Å². The molecule has 2 atom stereocenters. The van der Waals surface area contributed by atoms with Gasteiger partial charge in [-0.1, -0.05) is 48.5 Å². The van der Waals surface area contributed by atoms with E-state index in [0.29, 0.717) is 18.5 Å². The minimum absolute atomic E-state index is 0.00465. The third kappa shape index (κ3) is 2.87. The van der Waals surface area contributed by atoms with Gasteiger partial charge in [-0.15, -0.1) is 0 Å². The number of carbonyl (C=O) groups is 1.